The molecule has 2 aromatic carbocycles. The van der Waals surface area contributed by atoms with Crippen LogP contribution in [0.4, 0.5) is 5.69 Å². The van der Waals surface area contributed by atoms with E-state index in [4.69, 9.17) is 14.6 Å². The fraction of sp³-hybridized carbons (Fsp3) is 0.433. The number of rotatable bonds is 7. The molecule has 4 heterocycles. The second kappa shape index (κ2) is 10.0. The Kier molecular flexibility index (Phi) is 6.53. The molecule has 4 aliphatic rings. The first-order chi connectivity index (χ1) is 18.5. The minimum atomic E-state index is -1.25. The van der Waals surface area contributed by atoms with Crippen molar-refractivity contribution in [1.82, 2.24) is 4.90 Å². The van der Waals surface area contributed by atoms with Crippen molar-refractivity contribution in [2.75, 3.05) is 31.2 Å². The van der Waals surface area contributed by atoms with Crippen LogP contribution in [0.1, 0.15) is 25.7 Å². The maximum atomic E-state index is 14.4. The molecule has 0 bridgehead atoms. The molecule has 0 aromatic heterocycles. The van der Waals surface area contributed by atoms with E-state index < -0.39 is 35.6 Å². The lowest BCUT2D eigenvalue weighted by Crippen LogP contribution is -2.55. The standard InChI is InChI=1S/C30H32N2O6/c33-17-6-2-1-5-15-32-26-28(35)31(22-13-12-20-9-3-4-10-21(20)19-22)16-8-14-30(26)25(27(32)34)24-23(38-30)11-7-18-37-29(24)36/h3-4,7-14,19,23-26,33H,1-2,5-6,15-18H2/t23-,24+,25+,26-,30?/m1/s1. The number of aliphatic hydroxyl groups is 1. The maximum Gasteiger partial charge on any atom is 0.313 e. The second-order valence-electron chi connectivity index (χ2n) is 10.5. The number of benzene rings is 2. The summed E-state index contributed by atoms with van der Waals surface area (Å²) in [6.45, 7) is 0.988. The average molecular weight is 517 g/mol. The van der Waals surface area contributed by atoms with Gasteiger partial charge in [0.1, 0.15) is 24.2 Å². The molecule has 1 N–H and O–H groups in total. The molecule has 2 saturated heterocycles. The molecule has 2 amide bonds. The van der Waals surface area contributed by atoms with Gasteiger partial charge in [-0.3, -0.25) is 14.4 Å². The number of fused-ring (bicyclic) bond motifs is 3. The SMILES string of the molecule is O=C1OCC=C[C@H]2OC34C=CCN(c5ccc6ccccc6c5)C(=O)[C@H]3N(CCCCCCO)C(=O)[C@@H]4[C@@H]12. The summed E-state index contributed by atoms with van der Waals surface area (Å²) in [7, 11) is 0. The molecular formula is C30H32N2O6. The summed E-state index contributed by atoms with van der Waals surface area (Å²) in [6.07, 6.45) is 9.69. The second-order valence-corrected chi connectivity index (χ2v) is 10.5. The average Bonchev–Trinajstić information content (AvgIpc) is 3.22. The molecule has 0 radical (unpaired) electrons. The highest BCUT2D eigenvalue weighted by Crippen LogP contribution is 2.53. The number of nitrogens with zero attached hydrogens (tertiary/aromatic N) is 2. The van der Waals surface area contributed by atoms with Crippen LogP contribution in [0.2, 0.25) is 0 Å². The number of carbonyl (C=O) groups excluding carboxylic acids is 3. The van der Waals surface area contributed by atoms with Gasteiger partial charge in [0.2, 0.25) is 5.91 Å². The molecule has 8 heteroatoms. The Morgan fingerprint density at radius 1 is 0.947 bits per heavy atom. The minimum absolute atomic E-state index is 0.132. The van der Waals surface area contributed by atoms with E-state index in [0.29, 0.717) is 25.9 Å². The van der Waals surface area contributed by atoms with E-state index in [-0.39, 0.29) is 25.0 Å². The summed E-state index contributed by atoms with van der Waals surface area (Å²) in [4.78, 5) is 44.8. The number of unbranched alkanes of at least 4 members (excludes halogenated alkanes) is 3. The number of cyclic esters (lactones) is 1. The summed E-state index contributed by atoms with van der Waals surface area (Å²) in [5, 5.41) is 11.2. The molecule has 6 rings (SSSR count). The van der Waals surface area contributed by atoms with Crippen LogP contribution in [0.25, 0.3) is 10.8 Å². The van der Waals surface area contributed by atoms with Gasteiger partial charge >= 0.3 is 5.97 Å². The normalized spacial score (nSPS) is 30.2. The molecule has 8 nitrogen and oxygen atoms in total. The Hall–Kier alpha value is -3.49. The van der Waals surface area contributed by atoms with Gasteiger partial charge < -0.3 is 24.4 Å². The molecule has 4 aliphatic heterocycles. The Bertz CT molecular complexity index is 1320. The van der Waals surface area contributed by atoms with Gasteiger partial charge in [-0.2, -0.15) is 0 Å². The van der Waals surface area contributed by atoms with E-state index in [9.17, 15) is 14.4 Å². The number of carbonyl (C=O) groups is 3. The predicted octanol–water partition coefficient (Wildman–Crippen LogP) is 2.99. The van der Waals surface area contributed by atoms with Crippen LogP contribution in [0.3, 0.4) is 0 Å². The van der Waals surface area contributed by atoms with Crippen molar-refractivity contribution in [3.05, 3.63) is 66.8 Å². The first-order valence-electron chi connectivity index (χ1n) is 13.5. The van der Waals surface area contributed by atoms with Crippen molar-refractivity contribution in [2.24, 2.45) is 11.8 Å². The Balaban J connectivity index is 1.39. The zero-order valence-electron chi connectivity index (χ0n) is 21.2. The molecule has 2 fully saturated rings. The summed E-state index contributed by atoms with van der Waals surface area (Å²) < 4.78 is 11.9. The fourth-order valence-corrected chi connectivity index (χ4v) is 6.53. The van der Waals surface area contributed by atoms with Gasteiger partial charge in [-0.1, -0.05) is 61.4 Å². The first-order valence-corrected chi connectivity index (χ1v) is 13.5. The van der Waals surface area contributed by atoms with Crippen LogP contribution < -0.4 is 4.90 Å². The molecule has 1 unspecified atom stereocenters. The quantitative estimate of drug-likeness (QED) is 0.345. The van der Waals surface area contributed by atoms with Gasteiger partial charge in [0.05, 0.1) is 12.0 Å². The summed E-state index contributed by atoms with van der Waals surface area (Å²) in [5.74, 6) is -2.55. The zero-order chi connectivity index (χ0) is 26.3. The van der Waals surface area contributed by atoms with E-state index in [2.05, 4.69) is 0 Å². The van der Waals surface area contributed by atoms with Gasteiger partial charge in [0, 0.05) is 25.4 Å². The predicted molar refractivity (Wildman–Crippen MR) is 141 cm³/mol. The van der Waals surface area contributed by atoms with Gasteiger partial charge in [-0.15, -0.1) is 0 Å². The third-order valence-corrected chi connectivity index (χ3v) is 8.27. The topological polar surface area (TPSA) is 96.4 Å². The lowest BCUT2D eigenvalue weighted by Gasteiger charge is -2.35. The number of aliphatic hydroxyl groups excluding tert-OH is 1. The molecular weight excluding hydrogens is 484 g/mol. The van der Waals surface area contributed by atoms with Gasteiger partial charge in [-0.25, -0.2) is 0 Å². The maximum absolute atomic E-state index is 14.4. The largest absolute Gasteiger partial charge is 0.461 e. The van der Waals surface area contributed by atoms with Gasteiger partial charge in [-0.05, 0) is 41.8 Å². The third-order valence-electron chi connectivity index (χ3n) is 8.27. The summed E-state index contributed by atoms with van der Waals surface area (Å²) in [5.41, 5.74) is -0.498. The first kappa shape index (κ1) is 24.8. The van der Waals surface area contributed by atoms with Crippen LogP contribution in [0.5, 0.6) is 0 Å². The van der Waals surface area contributed by atoms with Gasteiger partial charge in [0.15, 0.2) is 0 Å². The van der Waals surface area contributed by atoms with E-state index in [1.54, 1.807) is 22.0 Å². The lowest BCUT2D eigenvalue weighted by molar-refractivity contribution is -0.152. The molecule has 0 saturated carbocycles. The number of ether oxygens (including phenoxy) is 2. The molecule has 0 aliphatic carbocycles. The van der Waals surface area contributed by atoms with Crippen molar-refractivity contribution in [1.29, 1.82) is 0 Å². The summed E-state index contributed by atoms with van der Waals surface area (Å²) >= 11 is 0. The Morgan fingerprint density at radius 2 is 1.76 bits per heavy atom. The highest BCUT2D eigenvalue weighted by Gasteiger charge is 2.71. The highest BCUT2D eigenvalue weighted by atomic mass is 16.6. The lowest BCUT2D eigenvalue weighted by atomic mass is 9.78. The molecule has 5 atom stereocenters. The van der Waals surface area contributed by atoms with Crippen molar-refractivity contribution < 1.29 is 29.0 Å². The third kappa shape index (κ3) is 3.94. The molecule has 198 valence electrons. The fourth-order valence-electron chi connectivity index (χ4n) is 6.53. The van der Waals surface area contributed by atoms with E-state index in [1.165, 1.54) is 0 Å². The minimum Gasteiger partial charge on any atom is -0.461 e. The van der Waals surface area contributed by atoms with Crippen LogP contribution in [-0.2, 0) is 23.9 Å². The monoisotopic (exact) mass is 516 g/mol. The number of amides is 2. The molecule has 38 heavy (non-hydrogen) atoms. The Morgan fingerprint density at radius 3 is 2.61 bits per heavy atom. The van der Waals surface area contributed by atoms with Crippen LogP contribution in [-0.4, -0.2) is 71.8 Å². The number of likely N-dealkylation sites (tertiary alicyclic amines) is 1. The highest BCUT2D eigenvalue weighted by molar-refractivity contribution is 6.06. The molecule has 2 aromatic rings. The molecule has 1 spiro atoms. The van der Waals surface area contributed by atoms with Gasteiger partial charge in [0.25, 0.3) is 5.91 Å². The smallest absolute Gasteiger partial charge is 0.313 e. The van der Waals surface area contributed by atoms with Crippen LogP contribution in [0.15, 0.2) is 66.8 Å². The van der Waals surface area contributed by atoms with Crippen molar-refractivity contribution >= 4 is 34.2 Å². The van der Waals surface area contributed by atoms with Crippen molar-refractivity contribution in [3.8, 4) is 0 Å². The number of hydrogen-bond donors (Lipinski definition) is 1. The Labute approximate surface area is 221 Å². The number of hydrogen-bond acceptors (Lipinski definition) is 6. The van der Waals surface area contributed by atoms with E-state index in [1.807, 2.05) is 54.6 Å². The van der Waals surface area contributed by atoms with Crippen molar-refractivity contribution in [2.45, 2.75) is 43.4 Å². The van der Waals surface area contributed by atoms with E-state index in [0.717, 1.165) is 29.3 Å². The van der Waals surface area contributed by atoms with Crippen molar-refractivity contribution in [3.63, 3.8) is 0 Å². The zero-order valence-corrected chi connectivity index (χ0v) is 21.2. The number of anilines is 1. The summed E-state index contributed by atoms with van der Waals surface area (Å²) in [6, 6.07) is 13.0. The van der Waals surface area contributed by atoms with E-state index >= 15 is 0 Å². The van der Waals surface area contributed by atoms with Crippen LogP contribution in [0, 0.1) is 11.8 Å². The number of esters is 1. The van der Waals surface area contributed by atoms with Crippen LogP contribution >= 0.6 is 0 Å².